The number of nitrogens with zero attached hydrogens (tertiary/aromatic N) is 3. The van der Waals surface area contributed by atoms with Gasteiger partial charge < -0.3 is 4.74 Å². The summed E-state index contributed by atoms with van der Waals surface area (Å²) in [5.41, 5.74) is 2.65. The van der Waals surface area contributed by atoms with Gasteiger partial charge in [-0.3, -0.25) is 25.5 Å². The number of nitro benzene ring substituents is 2. The van der Waals surface area contributed by atoms with Crippen molar-refractivity contribution >= 4 is 46.3 Å². The van der Waals surface area contributed by atoms with Crippen LogP contribution >= 0.6 is 23.1 Å². The summed E-state index contributed by atoms with van der Waals surface area (Å²) in [5.74, 6) is 0.179. The van der Waals surface area contributed by atoms with Gasteiger partial charge in [0.25, 0.3) is 11.4 Å². The van der Waals surface area contributed by atoms with E-state index in [2.05, 4.69) is 38.0 Å². The summed E-state index contributed by atoms with van der Waals surface area (Å²) >= 11 is 2.95. The molecule has 1 N–H and O–H groups in total. The van der Waals surface area contributed by atoms with E-state index >= 15 is 0 Å². The zero-order chi connectivity index (χ0) is 29.4. The lowest BCUT2D eigenvalue weighted by Gasteiger charge is -2.10. The number of ether oxygens (including phenoxy) is 1. The molecule has 40 heavy (non-hydrogen) atoms. The van der Waals surface area contributed by atoms with Crippen LogP contribution in [-0.2, 0) is 0 Å². The number of aromatic nitrogens is 1. The topological polar surface area (TPSA) is 138 Å². The Morgan fingerprint density at radius 2 is 1.48 bits per heavy atom. The Labute approximate surface area is 239 Å². The first-order valence-corrected chi connectivity index (χ1v) is 14.0. The average Bonchev–Trinajstić information content (AvgIpc) is 3.38. The summed E-state index contributed by atoms with van der Waals surface area (Å²) < 4.78 is 5.19. The Kier molecular flexibility index (Phi) is 9.97. The molecule has 0 aliphatic rings. The number of thiazole rings is 1. The van der Waals surface area contributed by atoms with Gasteiger partial charge in [0.2, 0.25) is 0 Å². The molecule has 0 saturated heterocycles. The number of rotatable bonds is 7. The lowest BCUT2D eigenvalue weighted by atomic mass is 10.0. The molecule has 1 aromatic heterocycles. The van der Waals surface area contributed by atoms with Gasteiger partial charge in [-0.2, -0.15) is 0 Å². The maximum Gasteiger partial charge on any atom is 0.417 e. The third kappa shape index (κ3) is 8.89. The number of nitro groups is 2. The van der Waals surface area contributed by atoms with Gasteiger partial charge in [-0.25, -0.2) is 9.78 Å². The molecule has 0 unspecified atom stereocenters. The lowest BCUT2D eigenvalue weighted by molar-refractivity contribution is -0.385. The molecule has 0 spiro atoms. The van der Waals surface area contributed by atoms with Crippen molar-refractivity contribution < 1.29 is 19.4 Å². The van der Waals surface area contributed by atoms with Crippen molar-refractivity contribution in [2.24, 2.45) is 5.41 Å². The second-order valence-electron chi connectivity index (χ2n) is 10.0. The molecule has 1 amide bonds. The maximum atomic E-state index is 12.3. The SMILES string of the molecule is CC(C)(C)C.CSc1cc(NC(=O)Oc2ccc([N+](=O)[O-])cc2)ccc1-c1cnc(-c2ccc([N+](=O)[O-])cc2)s1. The highest BCUT2D eigenvalue weighted by atomic mass is 32.2. The normalized spacial score (nSPS) is 10.7. The monoisotopic (exact) mass is 580 g/mol. The van der Waals surface area contributed by atoms with E-state index in [4.69, 9.17) is 4.74 Å². The van der Waals surface area contributed by atoms with Crippen LogP contribution in [0.1, 0.15) is 27.7 Å². The summed E-state index contributed by atoms with van der Waals surface area (Å²) in [5, 5.41) is 25.0. The highest BCUT2D eigenvalue weighted by molar-refractivity contribution is 7.98. The number of thioether (sulfide) groups is 1. The standard InChI is InChI=1S/C23H16N4O6S2.C5H12/c1-34-20-12-15(25-23(28)33-18-9-7-17(8-10-18)27(31)32)4-11-19(20)21-13-24-22(35-21)14-2-5-16(6-3-14)26(29)30;1-5(2,3)4/h2-13H,1H3,(H,25,28);1-4H3. The molecule has 0 aliphatic heterocycles. The Balaban J connectivity index is 0.000000810. The van der Waals surface area contributed by atoms with E-state index in [9.17, 15) is 25.0 Å². The summed E-state index contributed by atoms with van der Waals surface area (Å²) in [6.07, 6.45) is 2.93. The van der Waals surface area contributed by atoms with Gasteiger partial charge in [0.15, 0.2) is 0 Å². The third-order valence-electron chi connectivity index (χ3n) is 4.80. The molecule has 0 atom stereocenters. The van der Waals surface area contributed by atoms with E-state index in [0.717, 1.165) is 25.9 Å². The summed E-state index contributed by atoms with van der Waals surface area (Å²) in [6.45, 7) is 8.75. The summed E-state index contributed by atoms with van der Waals surface area (Å²) in [4.78, 5) is 39.1. The Hall–Kier alpha value is -4.29. The fraction of sp³-hybridized carbons (Fsp3) is 0.214. The summed E-state index contributed by atoms with van der Waals surface area (Å²) in [6, 6.07) is 16.8. The molecule has 12 heteroatoms. The quantitative estimate of drug-likeness (QED) is 0.130. The van der Waals surface area contributed by atoms with Crippen molar-refractivity contribution in [1.82, 2.24) is 4.98 Å². The zero-order valence-electron chi connectivity index (χ0n) is 22.5. The van der Waals surface area contributed by atoms with Crippen LogP contribution in [0.4, 0.5) is 21.9 Å². The van der Waals surface area contributed by atoms with Gasteiger partial charge in [0, 0.05) is 52.2 Å². The van der Waals surface area contributed by atoms with Crippen LogP contribution in [0, 0.1) is 25.6 Å². The molecule has 0 radical (unpaired) electrons. The molecule has 208 valence electrons. The highest BCUT2D eigenvalue weighted by Gasteiger charge is 2.14. The van der Waals surface area contributed by atoms with E-state index in [-0.39, 0.29) is 17.1 Å². The number of anilines is 1. The van der Waals surface area contributed by atoms with Gasteiger partial charge in [-0.1, -0.05) is 33.8 Å². The van der Waals surface area contributed by atoms with Crippen molar-refractivity contribution in [3.05, 3.63) is 93.2 Å². The van der Waals surface area contributed by atoms with E-state index in [0.29, 0.717) is 11.1 Å². The number of hydrogen-bond acceptors (Lipinski definition) is 9. The number of carbonyl (C=O) groups excluding carboxylic acids is 1. The molecule has 0 bridgehead atoms. The van der Waals surface area contributed by atoms with Gasteiger partial charge >= 0.3 is 6.09 Å². The fourth-order valence-corrected chi connectivity index (χ4v) is 4.78. The first-order chi connectivity index (χ1) is 18.8. The van der Waals surface area contributed by atoms with Crippen LogP contribution in [-0.4, -0.2) is 27.2 Å². The first kappa shape index (κ1) is 30.3. The fourth-order valence-electron chi connectivity index (χ4n) is 3.12. The van der Waals surface area contributed by atoms with Crippen molar-refractivity contribution in [1.29, 1.82) is 0 Å². The van der Waals surface area contributed by atoms with Crippen LogP contribution in [0.15, 0.2) is 77.8 Å². The number of benzene rings is 3. The molecule has 1 heterocycles. The number of hydrogen-bond donors (Lipinski definition) is 1. The molecule has 10 nitrogen and oxygen atoms in total. The maximum absolute atomic E-state index is 12.3. The van der Waals surface area contributed by atoms with Crippen molar-refractivity contribution in [2.45, 2.75) is 32.6 Å². The van der Waals surface area contributed by atoms with E-state index in [1.807, 2.05) is 18.4 Å². The molecule has 0 saturated carbocycles. The smallest absolute Gasteiger partial charge is 0.410 e. The van der Waals surface area contributed by atoms with E-state index < -0.39 is 15.9 Å². The lowest BCUT2D eigenvalue weighted by Crippen LogP contribution is -2.16. The Morgan fingerprint density at radius 3 is 2.00 bits per heavy atom. The van der Waals surface area contributed by atoms with Crippen LogP contribution in [0.2, 0.25) is 0 Å². The predicted octanol–water partition coefficient (Wildman–Crippen LogP) is 8.68. The number of non-ortho nitro benzene ring substituents is 2. The van der Waals surface area contributed by atoms with Crippen LogP contribution in [0.3, 0.4) is 0 Å². The van der Waals surface area contributed by atoms with Crippen molar-refractivity contribution in [2.75, 3.05) is 11.6 Å². The second kappa shape index (κ2) is 13.2. The second-order valence-corrected chi connectivity index (χ2v) is 11.9. The van der Waals surface area contributed by atoms with Gasteiger partial charge in [-0.15, -0.1) is 23.1 Å². The highest BCUT2D eigenvalue weighted by Crippen LogP contribution is 2.38. The molecular weight excluding hydrogens is 552 g/mol. The predicted molar refractivity (Wildman–Crippen MR) is 159 cm³/mol. The number of carbonyl (C=O) groups is 1. The molecule has 0 aliphatic carbocycles. The average molecular weight is 581 g/mol. The van der Waals surface area contributed by atoms with Crippen molar-refractivity contribution in [3.8, 4) is 26.8 Å². The third-order valence-corrected chi connectivity index (χ3v) is 6.66. The minimum atomic E-state index is -0.725. The van der Waals surface area contributed by atoms with Gasteiger partial charge in [-0.05, 0) is 48.1 Å². The van der Waals surface area contributed by atoms with Crippen LogP contribution in [0.25, 0.3) is 21.0 Å². The van der Waals surface area contributed by atoms with Crippen molar-refractivity contribution in [3.63, 3.8) is 0 Å². The Bertz CT molecular complexity index is 1490. The Morgan fingerprint density at radius 1 is 0.925 bits per heavy atom. The van der Waals surface area contributed by atoms with E-state index in [1.54, 1.807) is 24.4 Å². The number of amides is 1. The first-order valence-electron chi connectivity index (χ1n) is 12.0. The van der Waals surface area contributed by atoms with Gasteiger partial charge in [0.05, 0.1) is 14.7 Å². The zero-order valence-corrected chi connectivity index (χ0v) is 24.2. The van der Waals surface area contributed by atoms with Crippen LogP contribution in [0.5, 0.6) is 5.75 Å². The molecule has 4 rings (SSSR count). The minimum absolute atomic E-state index is 0.0189. The van der Waals surface area contributed by atoms with Gasteiger partial charge in [0.1, 0.15) is 10.8 Å². The molecular formula is C28H28N4O6S2. The van der Waals surface area contributed by atoms with Crippen LogP contribution < -0.4 is 10.1 Å². The largest absolute Gasteiger partial charge is 0.417 e. The molecule has 3 aromatic carbocycles. The molecule has 4 aromatic rings. The van der Waals surface area contributed by atoms with E-state index in [1.165, 1.54) is 59.5 Å². The number of nitrogens with one attached hydrogen (secondary N) is 1. The summed E-state index contributed by atoms with van der Waals surface area (Å²) in [7, 11) is 0. The minimum Gasteiger partial charge on any atom is -0.410 e. The molecule has 0 fully saturated rings.